The summed E-state index contributed by atoms with van der Waals surface area (Å²) in [5.41, 5.74) is 0.473. The van der Waals surface area contributed by atoms with Crippen molar-refractivity contribution in [1.29, 1.82) is 0 Å². The van der Waals surface area contributed by atoms with Crippen molar-refractivity contribution >= 4 is 11.6 Å². The average molecular weight is 316 g/mol. The van der Waals surface area contributed by atoms with Crippen molar-refractivity contribution in [3.05, 3.63) is 35.4 Å². The second kappa shape index (κ2) is 5.95. The van der Waals surface area contributed by atoms with Crippen molar-refractivity contribution in [2.24, 2.45) is 0 Å². The topological polar surface area (TPSA) is 49.2 Å². The predicted molar refractivity (Wildman–Crippen MR) is 71.0 cm³/mol. The van der Waals surface area contributed by atoms with E-state index in [1.54, 1.807) is 6.07 Å². The molecular formula is C13H12ClF2N3O2. The SMILES string of the molecule is FC(F)n1cc(Oc2ccnc(Cl)c2)c(C2CCOC2)n1. The van der Waals surface area contributed by atoms with E-state index in [9.17, 15) is 8.78 Å². The molecule has 0 aromatic carbocycles. The predicted octanol–water partition coefficient (Wildman–Crippen LogP) is 3.62. The lowest BCUT2D eigenvalue weighted by molar-refractivity contribution is 0.0558. The molecule has 0 N–H and O–H groups in total. The monoisotopic (exact) mass is 315 g/mol. The molecule has 0 bridgehead atoms. The van der Waals surface area contributed by atoms with Crippen molar-refractivity contribution in [3.63, 3.8) is 0 Å². The van der Waals surface area contributed by atoms with Crippen LogP contribution in [0, 0.1) is 0 Å². The fourth-order valence-electron chi connectivity index (χ4n) is 2.18. The third-order valence-electron chi connectivity index (χ3n) is 3.17. The molecule has 2 aromatic rings. The summed E-state index contributed by atoms with van der Waals surface area (Å²) in [6.07, 6.45) is 3.40. The lowest BCUT2D eigenvalue weighted by Crippen LogP contribution is -2.03. The molecule has 0 aliphatic carbocycles. The van der Waals surface area contributed by atoms with E-state index in [0.29, 0.717) is 29.3 Å². The van der Waals surface area contributed by atoms with E-state index in [1.807, 2.05) is 0 Å². The van der Waals surface area contributed by atoms with Crippen LogP contribution in [0.3, 0.4) is 0 Å². The molecule has 3 rings (SSSR count). The molecule has 1 fully saturated rings. The molecule has 0 amide bonds. The number of aromatic nitrogens is 3. The maximum atomic E-state index is 12.8. The van der Waals surface area contributed by atoms with E-state index >= 15 is 0 Å². The molecule has 0 saturated carbocycles. The summed E-state index contributed by atoms with van der Waals surface area (Å²) >= 11 is 5.78. The van der Waals surface area contributed by atoms with Crippen LogP contribution < -0.4 is 4.74 Å². The van der Waals surface area contributed by atoms with E-state index in [0.717, 1.165) is 6.42 Å². The number of pyridine rings is 1. The maximum absolute atomic E-state index is 12.8. The summed E-state index contributed by atoms with van der Waals surface area (Å²) in [5, 5.41) is 4.19. The van der Waals surface area contributed by atoms with E-state index in [1.165, 1.54) is 18.5 Å². The normalized spacial score (nSPS) is 18.4. The summed E-state index contributed by atoms with van der Waals surface area (Å²) in [4.78, 5) is 3.84. The van der Waals surface area contributed by atoms with Gasteiger partial charge in [0, 0.05) is 24.8 Å². The molecule has 1 unspecified atom stereocenters. The number of ether oxygens (including phenoxy) is 2. The van der Waals surface area contributed by atoms with Crippen molar-refractivity contribution in [3.8, 4) is 11.5 Å². The number of halogens is 3. The fraction of sp³-hybridized carbons (Fsp3) is 0.385. The van der Waals surface area contributed by atoms with E-state index in [4.69, 9.17) is 21.1 Å². The third-order valence-corrected chi connectivity index (χ3v) is 3.37. The highest BCUT2D eigenvalue weighted by Crippen LogP contribution is 2.35. The number of hydrogen-bond donors (Lipinski definition) is 0. The zero-order valence-corrected chi connectivity index (χ0v) is 11.6. The largest absolute Gasteiger partial charge is 0.454 e. The Labute approximate surface area is 124 Å². The van der Waals surface area contributed by atoms with Gasteiger partial charge < -0.3 is 9.47 Å². The van der Waals surface area contributed by atoms with Crippen LogP contribution in [-0.4, -0.2) is 28.0 Å². The molecule has 5 nitrogen and oxygen atoms in total. The molecule has 3 heterocycles. The molecule has 112 valence electrons. The molecule has 0 spiro atoms. The summed E-state index contributed by atoms with van der Waals surface area (Å²) < 4.78 is 37.2. The number of nitrogens with zero attached hydrogens (tertiary/aromatic N) is 3. The molecule has 1 saturated heterocycles. The summed E-state index contributed by atoms with van der Waals surface area (Å²) in [6, 6.07) is 3.11. The molecule has 8 heteroatoms. The Balaban J connectivity index is 1.91. The van der Waals surface area contributed by atoms with Crippen molar-refractivity contribution < 1.29 is 18.3 Å². The van der Waals surface area contributed by atoms with Crippen LogP contribution in [-0.2, 0) is 4.74 Å². The van der Waals surface area contributed by atoms with Crippen molar-refractivity contribution in [2.75, 3.05) is 13.2 Å². The van der Waals surface area contributed by atoms with Crippen LogP contribution in [0.25, 0.3) is 0 Å². The van der Waals surface area contributed by atoms with Gasteiger partial charge in [-0.2, -0.15) is 13.9 Å². The molecular weight excluding hydrogens is 304 g/mol. The summed E-state index contributed by atoms with van der Waals surface area (Å²) in [6.45, 7) is -1.68. The maximum Gasteiger partial charge on any atom is 0.333 e. The first-order chi connectivity index (χ1) is 10.1. The van der Waals surface area contributed by atoms with Gasteiger partial charge in [0.05, 0.1) is 12.8 Å². The Morgan fingerprint density at radius 3 is 3.00 bits per heavy atom. The van der Waals surface area contributed by atoms with Crippen LogP contribution in [0.4, 0.5) is 8.78 Å². The standard InChI is InChI=1S/C13H12ClF2N3O2/c14-11-5-9(1-3-17-11)21-10-6-19(13(15)16)18-12(10)8-2-4-20-7-8/h1,3,5-6,8,13H,2,4,7H2. The van der Waals surface area contributed by atoms with Gasteiger partial charge >= 0.3 is 6.55 Å². The zero-order valence-electron chi connectivity index (χ0n) is 10.9. The Hall–Kier alpha value is -1.73. The lowest BCUT2D eigenvalue weighted by atomic mass is 10.1. The highest BCUT2D eigenvalue weighted by atomic mass is 35.5. The van der Waals surface area contributed by atoms with Gasteiger partial charge in [0.15, 0.2) is 5.75 Å². The van der Waals surface area contributed by atoms with Gasteiger partial charge in [-0.25, -0.2) is 9.67 Å². The van der Waals surface area contributed by atoms with Gasteiger partial charge in [-0.05, 0) is 12.5 Å². The Morgan fingerprint density at radius 2 is 2.33 bits per heavy atom. The van der Waals surface area contributed by atoms with Gasteiger partial charge in [0.2, 0.25) is 0 Å². The second-order valence-electron chi connectivity index (χ2n) is 4.61. The number of hydrogen-bond acceptors (Lipinski definition) is 4. The number of alkyl halides is 2. The molecule has 21 heavy (non-hydrogen) atoms. The molecule has 2 aromatic heterocycles. The minimum absolute atomic E-state index is 0.0442. The Kier molecular flexibility index (Phi) is 4.03. The van der Waals surface area contributed by atoms with Gasteiger partial charge in [0.25, 0.3) is 0 Å². The summed E-state index contributed by atoms with van der Waals surface area (Å²) in [5.74, 6) is 0.661. The lowest BCUT2D eigenvalue weighted by Gasteiger charge is -2.08. The molecule has 1 atom stereocenters. The smallest absolute Gasteiger partial charge is 0.333 e. The minimum atomic E-state index is -2.72. The third kappa shape index (κ3) is 3.14. The average Bonchev–Trinajstić information content (AvgIpc) is 3.07. The first-order valence-electron chi connectivity index (χ1n) is 6.38. The van der Waals surface area contributed by atoms with Gasteiger partial charge in [-0.1, -0.05) is 11.6 Å². The quantitative estimate of drug-likeness (QED) is 0.809. The molecule has 1 aliphatic heterocycles. The van der Waals surface area contributed by atoms with Crippen molar-refractivity contribution in [2.45, 2.75) is 18.9 Å². The summed E-state index contributed by atoms with van der Waals surface area (Å²) in [7, 11) is 0. The van der Waals surface area contributed by atoms with Gasteiger partial charge in [0.1, 0.15) is 16.6 Å². The molecule has 0 radical (unpaired) electrons. The highest BCUT2D eigenvalue weighted by Gasteiger charge is 2.26. The first-order valence-corrected chi connectivity index (χ1v) is 6.75. The van der Waals surface area contributed by atoms with Gasteiger partial charge in [-0.15, -0.1) is 0 Å². The van der Waals surface area contributed by atoms with Crippen LogP contribution in [0.15, 0.2) is 24.5 Å². The van der Waals surface area contributed by atoms with Crippen LogP contribution in [0.2, 0.25) is 5.15 Å². The number of rotatable bonds is 4. The van der Waals surface area contributed by atoms with Crippen LogP contribution in [0.1, 0.15) is 24.6 Å². The van der Waals surface area contributed by atoms with Crippen LogP contribution in [0.5, 0.6) is 11.5 Å². The minimum Gasteiger partial charge on any atom is -0.454 e. The molecule has 1 aliphatic rings. The van der Waals surface area contributed by atoms with Gasteiger partial charge in [-0.3, -0.25) is 0 Å². The van der Waals surface area contributed by atoms with Crippen LogP contribution >= 0.6 is 11.6 Å². The highest BCUT2D eigenvalue weighted by molar-refractivity contribution is 6.29. The van der Waals surface area contributed by atoms with E-state index < -0.39 is 6.55 Å². The van der Waals surface area contributed by atoms with Crippen molar-refractivity contribution in [1.82, 2.24) is 14.8 Å². The van der Waals surface area contributed by atoms with E-state index in [-0.39, 0.29) is 16.8 Å². The Morgan fingerprint density at radius 1 is 1.48 bits per heavy atom. The fourth-order valence-corrected chi connectivity index (χ4v) is 2.34. The Bertz CT molecular complexity index is 630. The zero-order chi connectivity index (χ0) is 14.8. The second-order valence-corrected chi connectivity index (χ2v) is 5.00. The first kappa shape index (κ1) is 14.2. The van der Waals surface area contributed by atoms with E-state index in [2.05, 4.69) is 10.1 Å².